The number of nitrogens with zero attached hydrogens (tertiary/aromatic N) is 2. The zero-order chi connectivity index (χ0) is 9.84. The quantitative estimate of drug-likeness (QED) is 0.606. The lowest BCUT2D eigenvalue weighted by atomic mass is 9.99. The first-order chi connectivity index (χ1) is 6.13. The molecule has 3 heteroatoms. The Morgan fingerprint density at radius 3 is 2.38 bits per heavy atom. The average Bonchev–Trinajstić information content (AvgIpc) is 2.03. The van der Waals surface area contributed by atoms with E-state index < -0.39 is 0 Å². The summed E-state index contributed by atoms with van der Waals surface area (Å²) >= 11 is 0. The molecule has 0 radical (unpaired) electrons. The van der Waals surface area contributed by atoms with Gasteiger partial charge in [-0.05, 0) is 33.7 Å². The molecule has 0 aromatic rings. The van der Waals surface area contributed by atoms with Gasteiger partial charge in [0.25, 0.3) is 0 Å². The van der Waals surface area contributed by atoms with E-state index in [2.05, 4.69) is 24.8 Å². The molecule has 3 atom stereocenters. The molecular formula is C10H18N2O. The Morgan fingerprint density at radius 2 is 1.92 bits per heavy atom. The summed E-state index contributed by atoms with van der Waals surface area (Å²) in [6, 6.07) is 2.69. The molecule has 0 spiro atoms. The molecule has 1 rings (SSSR count). The fourth-order valence-corrected chi connectivity index (χ4v) is 1.97. The second kappa shape index (κ2) is 4.59. The van der Waals surface area contributed by atoms with Gasteiger partial charge in [0.1, 0.15) is 0 Å². The summed E-state index contributed by atoms with van der Waals surface area (Å²) in [6.45, 7) is 4.72. The third-order valence-electron chi connectivity index (χ3n) is 2.62. The van der Waals surface area contributed by atoms with Gasteiger partial charge < -0.3 is 4.74 Å². The van der Waals surface area contributed by atoms with E-state index in [9.17, 15) is 0 Å². The molecular weight excluding hydrogens is 164 g/mol. The van der Waals surface area contributed by atoms with E-state index in [-0.39, 0.29) is 0 Å². The van der Waals surface area contributed by atoms with E-state index in [1.807, 2.05) is 7.05 Å². The van der Waals surface area contributed by atoms with Crippen LogP contribution in [-0.2, 0) is 4.74 Å². The number of hydrogen-bond donors (Lipinski definition) is 0. The van der Waals surface area contributed by atoms with E-state index in [0.717, 1.165) is 12.8 Å². The van der Waals surface area contributed by atoms with Gasteiger partial charge in [-0.2, -0.15) is 5.26 Å². The summed E-state index contributed by atoms with van der Waals surface area (Å²) in [5.41, 5.74) is 0. The number of hydrogen-bond acceptors (Lipinski definition) is 3. The van der Waals surface area contributed by atoms with Crippen LogP contribution in [0.4, 0.5) is 0 Å². The van der Waals surface area contributed by atoms with Gasteiger partial charge in [-0.15, -0.1) is 0 Å². The fraction of sp³-hybridized carbons (Fsp3) is 0.900. The van der Waals surface area contributed by atoms with Crippen LogP contribution in [0, 0.1) is 11.3 Å². The maximum Gasteiger partial charge on any atom is 0.0865 e. The smallest absolute Gasteiger partial charge is 0.0865 e. The molecule has 1 aliphatic rings. The molecule has 0 N–H and O–H groups in total. The van der Waals surface area contributed by atoms with Crippen LogP contribution < -0.4 is 0 Å². The Balaban J connectivity index is 2.45. The van der Waals surface area contributed by atoms with Crippen LogP contribution >= 0.6 is 0 Å². The summed E-state index contributed by atoms with van der Waals surface area (Å²) in [4.78, 5) is 2.12. The number of ether oxygens (including phenoxy) is 1. The van der Waals surface area contributed by atoms with Crippen LogP contribution in [0.5, 0.6) is 0 Å². The fourth-order valence-electron chi connectivity index (χ4n) is 1.97. The first-order valence-electron chi connectivity index (χ1n) is 4.86. The van der Waals surface area contributed by atoms with E-state index in [1.54, 1.807) is 0 Å². The van der Waals surface area contributed by atoms with Crippen LogP contribution in [0.25, 0.3) is 0 Å². The molecule has 0 aliphatic carbocycles. The molecule has 0 bridgehead atoms. The van der Waals surface area contributed by atoms with Gasteiger partial charge in [-0.25, -0.2) is 0 Å². The molecule has 1 saturated heterocycles. The highest BCUT2D eigenvalue weighted by Crippen LogP contribution is 2.22. The molecule has 0 aromatic carbocycles. The van der Waals surface area contributed by atoms with E-state index >= 15 is 0 Å². The summed E-state index contributed by atoms with van der Waals surface area (Å²) in [6.07, 6.45) is 2.75. The monoisotopic (exact) mass is 182 g/mol. The SMILES string of the molecule is C[C@@H]1CC(N(C)CC#N)C[C@H](C)O1. The number of rotatable bonds is 2. The molecule has 13 heavy (non-hydrogen) atoms. The van der Waals surface area contributed by atoms with Crippen LogP contribution in [-0.4, -0.2) is 36.7 Å². The molecule has 1 aliphatic heterocycles. The lowest BCUT2D eigenvalue weighted by Crippen LogP contribution is -2.42. The van der Waals surface area contributed by atoms with Crippen molar-refractivity contribution in [3.05, 3.63) is 0 Å². The Kier molecular flexibility index (Phi) is 3.71. The molecule has 1 unspecified atom stereocenters. The minimum absolute atomic E-state index is 0.329. The van der Waals surface area contributed by atoms with Gasteiger partial charge in [0.05, 0.1) is 24.8 Å². The maximum absolute atomic E-state index is 8.58. The van der Waals surface area contributed by atoms with Crippen LogP contribution in [0.15, 0.2) is 0 Å². The van der Waals surface area contributed by atoms with Crippen molar-refractivity contribution < 1.29 is 4.74 Å². The largest absolute Gasteiger partial charge is 0.375 e. The highest BCUT2D eigenvalue weighted by molar-refractivity contribution is 4.84. The van der Waals surface area contributed by atoms with Gasteiger partial charge in [0.15, 0.2) is 0 Å². The first kappa shape index (κ1) is 10.5. The first-order valence-corrected chi connectivity index (χ1v) is 4.86. The third kappa shape index (κ3) is 2.98. The second-order valence-electron chi connectivity index (χ2n) is 3.96. The summed E-state index contributed by atoms with van der Waals surface area (Å²) in [7, 11) is 2.01. The standard InChI is InChI=1S/C10H18N2O/c1-8-6-10(7-9(2)13-8)12(3)5-4-11/h8-10H,5-7H2,1-3H3/t8-,9+,10?. The Hall–Kier alpha value is -0.590. The van der Waals surface area contributed by atoms with E-state index in [0.29, 0.717) is 24.8 Å². The van der Waals surface area contributed by atoms with Crippen molar-refractivity contribution in [2.75, 3.05) is 13.6 Å². The highest BCUT2D eigenvalue weighted by Gasteiger charge is 2.26. The van der Waals surface area contributed by atoms with Crippen molar-refractivity contribution in [2.24, 2.45) is 0 Å². The van der Waals surface area contributed by atoms with Crippen molar-refractivity contribution in [1.29, 1.82) is 5.26 Å². The summed E-state index contributed by atoms with van der Waals surface area (Å²) in [5.74, 6) is 0. The van der Waals surface area contributed by atoms with Crippen molar-refractivity contribution in [2.45, 2.75) is 44.9 Å². The van der Waals surface area contributed by atoms with Crippen molar-refractivity contribution in [3.63, 3.8) is 0 Å². The normalized spacial score (nSPS) is 34.5. The lowest BCUT2D eigenvalue weighted by molar-refractivity contribution is -0.0595. The molecule has 1 heterocycles. The lowest BCUT2D eigenvalue weighted by Gasteiger charge is -2.36. The molecule has 1 fully saturated rings. The summed E-state index contributed by atoms with van der Waals surface area (Å²) in [5, 5.41) is 8.58. The predicted molar refractivity (Wildman–Crippen MR) is 51.3 cm³/mol. The van der Waals surface area contributed by atoms with Crippen molar-refractivity contribution in [1.82, 2.24) is 4.90 Å². The molecule has 3 nitrogen and oxygen atoms in total. The minimum Gasteiger partial charge on any atom is -0.375 e. The van der Waals surface area contributed by atoms with Gasteiger partial charge in [0.2, 0.25) is 0 Å². The highest BCUT2D eigenvalue weighted by atomic mass is 16.5. The minimum atomic E-state index is 0.329. The molecule has 0 saturated carbocycles. The van der Waals surface area contributed by atoms with Crippen molar-refractivity contribution >= 4 is 0 Å². The maximum atomic E-state index is 8.58. The van der Waals surface area contributed by atoms with E-state index in [4.69, 9.17) is 10.00 Å². The Labute approximate surface area is 80.3 Å². The van der Waals surface area contributed by atoms with Gasteiger partial charge in [0, 0.05) is 6.04 Å². The average molecular weight is 182 g/mol. The molecule has 0 aromatic heterocycles. The molecule has 0 amide bonds. The zero-order valence-electron chi connectivity index (χ0n) is 8.66. The van der Waals surface area contributed by atoms with Gasteiger partial charge in [-0.3, -0.25) is 4.90 Å². The Morgan fingerprint density at radius 1 is 1.38 bits per heavy atom. The summed E-state index contributed by atoms with van der Waals surface area (Å²) < 4.78 is 5.64. The Bertz CT molecular complexity index is 190. The van der Waals surface area contributed by atoms with Crippen LogP contribution in [0.2, 0.25) is 0 Å². The van der Waals surface area contributed by atoms with Crippen LogP contribution in [0.1, 0.15) is 26.7 Å². The van der Waals surface area contributed by atoms with Gasteiger partial charge in [-0.1, -0.05) is 0 Å². The predicted octanol–water partition coefficient (Wildman–Crippen LogP) is 1.40. The second-order valence-corrected chi connectivity index (χ2v) is 3.96. The third-order valence-corrected chi connectivity index (χ3v) is 2.62. The zero-order valence-corrected chi connectivity index (χ0v) is 8.66. The van der Waals surface area contributed by atoms with Gasteiger partial charge >= 0.3 is 0 Å². The van der Waals surface area contributed by atoms with Crippen LogP contribution in [0.3, 0.4) is 0 Å². The molecule has 74 valence electrons. The van der Waals surface area contributed by atoms with Crippen molar-refractivity contribution in [3.8, 4) is 6.07 Å². The number of nitriles is 1. The topological polar surface area (TPSA) is 36.3 Å². The van der Waals surface area contributed by atoms with E-state index in [1.165, 1.54) is 0 Å².